The van der Waals surface area contributed by atoms with Crippen LogP contribution in [0.3, 0.4) is 0 Å². The maximum atomic E-state index is 3.70. The SMILES string of the molecule is C=C/C=C\C(=C/CCC)N(C)CCCC. The molecule has 0 atom stereocenters. The van der Waals surface area contributed by atoms with Crippen molar-refractivity contribution < 1.29 is 0 Å². The fourth-order valence-corrected chi connectivity index (χ4v) is 1.33. The molecular formula is C14H25N. The molecule has 1 heteroatoms. The van der Waals surface area contributed by atoms with Gasteiger partial charge < -0.3 is 4.90 Å². The van der Waals surface area contributed by atoms with Gasteiger partial charge in [0.05, 0.1) is 0 Å². The molecule has 0 radical (unpaired) electrons. The monoisotopic (exact) mass is 207 g/mol. The van der Waals surface area contributed by atoms with Crippen LogP contribution < -0.4 is 0 Å². The lowest BCUT2D eigenvalue weighted by Crippen LogP contribution is -2.17. The zero-order valence-corrected chi connectivity index (χ0v) is 10.5. The van der Waals surface area contributed by atoms with Crippen LogP contribution in [-0.2, 0) is 0 Å². The Labute approximate surface area is 95.2 Å². The van der Waals surface area contributed by atoms with Crippen LogP contribution in [0.25, 0.3) is 0 Å². The van der Waals surface area contributed by atoms with Gasteiger partial charge in [-0.15, -0.1) is 0 Å². The minimum atomic E-state index is 1.13. The highest BCUT2D eigenvalue weighted by atomic mass is 15.1. The van der Waals surface area contributed by atoms with E-state index in [4.69, 9.17) is 0 Å². The van der Waals surface area contributed by atoms with Gasteiger partial charge in [0.25, 0.3) is 0 Å². The third-order valence-corrected chi connectivity index (χ3v) is 2.33. The maximum absolute atomic E-state index is 3.70. The van der Waals surface area contributed by atoms with Crippen LogP contribution in [0, 0.1) is 0 Å². The van der Waals surface area contributed by atoms with Gasteiger partial charge >= 0.3 is 0 Å². The lowest BCUT2D eigenvalue weighted by molar-refractivity contribution is 0.416. The Hall–Kier alpha value is -0.980. The fraction of sp³-hybridized carbons (Fsp3) is 0.571. The molecule has 0 amide bonds. The van der Waals surface area contributed by atoms with E-state index in [1.54, 1.807) is 0 Å². The van der Waals surface area contributed by atoms with E-state index >= 15 is 0 Å². The standard InChI is InChI=1S/C14H25N/c1-5-8-11-14(12-9-6-2)15(4)13-10-7-3/h5,8,11-12H,1,6-7,9-10,13H2,2-4H3/b11-8-,14-12+. The summed E-state index contributed by atoms with van der Waals surface area (Å²) in [6, 6.07) is 0. The first-order valence-corrected chi connectivity index (χ1v) is 5.96. The molecule has 0 aliphatic carbocycles. The van der Waals surface area contributed by atoms with Gasteiger partial charge in [-0.05, 0) is 18.9 Å². The van der Waals surface area contributed by atoms with E-state index in [9.17, 15) is 0 Å². The van der Waals surface area contributed by atoms with Crippen molar-refractivity contribution in [2.75, 3.05) is 13.6 Å². The summed E-state index contributed by atoms with van der Waals surface area (Å²) >= 11 is 0. The number of rotatable bonds is 8. The third-order valence-electron chi connectivity index (χ3n) is 2.33. The van der Waals surface area contributed by atoms with E-state index in [0.29, 0.717) is 0 Å². The van der Waals surface area contributed by atoms with Crippen LogP contribution in [-0.4, -0.2) is 18.5 Å². The molecule has 0 unspecified atom stereocenters. The highest BCUT2D eigenvalue weighted by molar-refractivity contribution is 5.20. The Balaban J connectivity index is 4.32. The van der Waals surface area contributed by atoms with Gasteiger partial charge in [0, 0.05) is 19.3 Å². The first-order valence-electron chi connectivity index (χ1n) is 5.96. The van der Waals surface area contributed by atoms with Crippen LogP contribution in [0.15, 0.2) is 36.6 Å². The molecule has 0 bridgehead atoms. The van der Waals surface area contributed by atoms with Gasteiger partial charge in [-0.1, -0.05) is 51.5 Å². The number of hydrogen-bond donors (Lipinski definition) is 0. The zero-order chi connectivity index (χ0) is 11.5. The normalized spacial score (nSPS) is 12.1. The molecule has 0 saturated heterocycles. The molecule has 1 nitrogen and oxygen atoms in total. The van der Waals surface area contributed by atoms with E-state index in [-0.39, 0.29) is 0 Å². The molecule has 0 aromatic rings. The molecule has 0 aromatic carbocycles. The van der Waals surface area contributed by atoms with Crippen LogP contribution >= 0.6 is 0 Å². The molecule has 0 aliphatic rings. The summed E-state index contributed by atoms with van der Waals surface area (Å²) in [4.78, 5) is 2.32. The van der Waals surface area contributed by atoms with Crippen molar-refractivity contribution in [3.05, 3.63) is 36.6 Å². The van der Waals surface area contributed by atoms with Crippen LogP contribution in [0.4, 0.5) is 0 Å². The van der Waals surface area contributed by atoms with Crippen molar-refractivity contribution in [3.63, 3.8) is 0 Å². The molecule has 0 N–H and O–H groups in total. The number of allylic oxidation sites excluding steroid dienone is 4. The molecule has 0 fully saturated rings. The molecule has 15 heavy (non-hydrogen) atoms. The molecule has 0 saturated carbocycles. The van der Waals surface area contributed by atoms with Crippen molar-refractivity contribution >= 4 is 0 Å². The van der Waals surface area contributed by atoms with Crippen LogP contribution in [0.5, 0.6) is 0 Å². The van der Waals surface area contributed by atoms with Gasteiger partial charge in [-0.2, -0.15) is 0 Å². The summed E-state index contributed by atoms with van der Waals surface area (Å²) in [5.41, 5.74) is 1.31. The third kappa shape index (κ3) is 7.01. The Morgan fingerprint density at radius 1 is 1.27 bits per heavy atom. The topological polar surface area (TPSA) is 3.24 Å². The van der Waals surface area contributed by atoms with Gasteiger partial charge in [-0.25, -0.2) is 0 Å². The molecular weight excluding hydrogens is 182 g/mol. The fourth-order valence-electron chi connectivity index (χ4n) is 1.33. The van der Waals surface area contributed by atoms with Gasteiger partial charge in [0.2, 0.25) is 0 Å². The summed E-state index contributed by atoms with van der Waals surface area (Å²) < 4.78 is 0. The number of hydrogen-bond acceptors (Lipinski definition) is 1. The van der Waals surface area contributed by atoms with E-state index in [1.165, 1.54) is 25.0 Å². The number of likely N-dealkylation sites (N-methyl/N-ethyl adjacent to an activating group) is 1. The summed E-state index contributed by atoms with van der Waals surface area (Å²) in [7, 11) is 2.16. The van der Waals surface area contributed by atoms with E-state index in [1.807, 2.05) is 12.2 Å². The van der Waals surface area contributed by atoms with Crippen molar-refractivity contribution in [3.8, 4) is 0 Å². The average Bonchev–Trinajstić information content (AvgIpc) is 2.26. The highest BCUT2D eigenvalue weighted by Gasteiger charge is 1.99. The molecule has 0 heterocycles. The Bertz CT molecular complexity index is 213. The molecule has 0 aliphatic heterocycles. The number of unbranched alkanes of at least 4 members (excludes halogenated alkanes) is 2. The average molecular weight is 207 g/mol. The molecule has 0 aromatic heterocycles. The van der Waals surface area contributed by atoms with Crippen molar-refractivity contribution in [1.82, 2.24) is 4.90 Å². The Morgan fingerprint density at radius 2 is 2.00 bits per heavy atom. The lowest BCUT2D eigenvalue weighted by atomic mass is 10.2. The van der Waals surface area contributed by atoms with Gasteiger partial charge in [-0.3, -0.25) is 0 Å². The summed E-state index contributed by atoms with van der Waals surface area (Å²) in [6.45, 7) is 9.27. The zero-order valence-electron chi connectivity index (χ0n) is 10.5. The largest absolute Gasteiger partial charge is 0.375 e. The maximum Gasteiger partial charge on any atom is 0.0323 e. The first kappa shape index (κ1) is 14.0. The molecule has 0 rings (SSSR count). The van der Waals surface area contributed by atoms with E-state index in [0.717, 1.165) is 13.0 Å². The molecule has 86 valence electrons. The summed E-state index contributed by atoms with van der Waals surface area (Å²) in [6.07, 6.45) is 13.1. The van der Waals surface area contributed by atoms with Crippen molar-refractivity contribution in [2.45, 2.75) is 39.5 Å². The Kier molecular flexibility index (Phi) is 8.95. The quantitative estimate of drug-likeness (QED) is 0.541. The smallest absolute Gasteiger partial charge is 0.0323 e. The predicted octanol–water partition coefficient (Wildman–Crippen LogP) is 4.14. The van der Waals surface area contributed by atoms with Crippen LogP contribution in [0.2, 0.25) is 0 Å². The minimum absolute atomic E-state index is 1.13. The first-order chi connectivity index (χ1) is 7.26. The minimum Gasteiger partial charge on any atom is -0.375 e. The Morgan fingerprint density at radius 3 is 2.53 bits per heavy atom. The second-order valence-electron chi connectivity index (χ2n) is 3.79. The van der Waals surface area contributed by atoms with Crippen molar-refractivity contribution in [1.29, 1.82) is 0 Å². The predicted molar refractivity (Wildman–Crippen MR) is 69.9 cm³/mol. The van der Waals surface area contributed by atoms with Crippen molar-refractivity contribution in [2.24, 2.45) is 0 Å². The van der Waals surface area contributed by atoms with E-state index in [2.05, 4.69) is 44.5 Å². The summed E-state index contributed by atoms with van der Waals surface area (Å²) in [5.74, 6) is 0. The number of nitrogens with zero attached hydrogens (tertiary/aromatic N) is 1. The second-order valence-corrected chi connectivity index (χ2v) is 3.79. The van der Waals surface area contributed by atoms with Gasteiger partial charge in [0.15, 0.2) is 0 Å². The van der Waals surface area contributed by atoms with Crippen LogP contribution in [0.1, 0.15) is 39.5 Å². The summed E-state index contributed by atoms with van der Waals surface area (Å²) in [5, 5.41) is 0. The van der Waals surface area contributed by atoms with E-state index < -0.39 is 0 Å². The molecule has 0 spiro atoms. The lowest BCUT2D eigenvalue weighted by Gasteiger charge is -2.20. The second kappa shape index (κ2) is 9.57. The highest BCUT2D eigenvalue weighted by Crippen LogP contribution is 2.08. The van der Waals surface area contributed by atoms with Gasteiger partial charge in [0.1, 0.15) is 0 Å².